The van der Waals surface area contributed by atoms with Gasteiger partial charge in [-0.05, 0) is 37.0 Å². The number of hydrogen-bond donors (Lipinski definition) is 2. The fourth-order valence-electron chi connectivity index (χ4n) is 2.08. The Bertz CT molecular complexity index is 895. The molecule has 1 heterocycles. The molecule has 0 aromatic carbocycles. The monoisotopic (exact) mass is 401 g/mol. The van der Waals surface area contributed by atoms with Gasteiger partial charge in [0, 0.05) is 12.1 Å². The lowest BCUT2D eigenvalue weighted by atomic mass is 10.1. The third-order valence-electron chi connectivity index (χ3n) is 3.43. The van der Waals surface area contributed by atoms with Crippen LogP contribution in [0.3, 0.4) is 0 Å². The average Bonchev–Trinajstić information content (AvgIpc) is 2.87. The number of carbonyl (C=O) groups is 1. The molecule has 0 atom stereocenters. The van der Waals surface area contributed by atoms with Gasteiger partial charge in [-0.2, -0.15) is 0 Å². The highest BCUT2D eigenvalue weighted by molar-refractivity contribution is 8.13. The molecule has 1 aliphatic rings. The maximum atomic E-state index is 13.8. The number of thioether (sulfide) groups is 1. The molecule has 1 aliphatic carbocycles. The number of aromatic nitrogens is 2. The summed E-state index contributed by atoms with van der Waals surface area (Å²) in [7, 11) is 0. The summed E-state index contributed by atoms with van der Waals surface area (Å²) in [6.45, 7) is 2.14. The number of hydrogen-bond acceptors (Lipinski definition) is 6. The molecule has 0 unspecified atom stereocenters. The van der Waals surface area contributed by atoms with Crippen molar-refractivity contribution in [2.24, 2.45) is 10.7 Å². The maximum absolute atomic E-state index is 13.8. The quantitative estimate of drug-likeness (QED) is 0.431. The summed E-state index contributed by atoms with van der Waals surface area (Å²) >= 11 is 1.31. The Morgan fingerprint density at radius 1 is 1.43 bits per heavy atom. The molecule has 146 valence electrons. The lowest BCUT2D eigenvalue weighted by Crippen LogP contribution is -2.23. The molecule has 0 fully saturated rings. The van der Waals surface area contributed by atoms with Crippen LogP contribution in [0.25, 0.3) is 0 Å². The molecule has 0 bridgehead atoms. The van der Waals surface area contributed by atoms with E-state index < -0.39 is 5.91 Å². The lowest BCUT2D eigenvalue weighted by Gasteiger charge is -2.07. The molecule has 0 aliphatic heterocycles. The molecule has 1 aromatic rings. The fourth-order valence-corrected chi connectivity index (χ4v) is 2.28. The van der Waals surface area contributed by atoms with Crippen LogP contribution in [0.5, 0.6) is 5.88 Å². The van der Waals surface area contributed by atoms with Crippen LogP contribution in [-0.2, 0) is 0 Å². The van der Waals surface area contributed by atoms with Gasteiger partial charge in [0.05, 0.1) is 18.9 Å². The van der Waals surface area contributed by atoms with Crippen LogP contribution in [0.2, 0.25) is 0 Å². The van der Waals surface area contributed by atoms with E-state index in [0.717, 1.165) is 0 Å². The van der Waals surface area contributed by atoms with Gasteiger partial charge in [0.2, 0.25) is 5.88 Å². The number of rotatable bonds is 6. The van der Waals surface area contributed by atoms with Gasteiger partial charge in [0.1, 0.15) is 11.5 Å². The van der Waals surface area contributed by atoms with Crippen molar-refractivity contribution in [1.82, 2.24) is 15.3 Å². The van der Waals surface area contributed by atoms with Gasteiger partial charge in [-0.1, -0.05) is 17.7 Å². The van der Waals surface area contributed by atoms with Crippen LogP contribution in [-0.4, -0.2) is 40.5 Å². The van der Waals surface area contributed by atoms with Crippen LogP contribution in [0.15, 0.2) is 52.7 Å². The minimum Gasteiger partial charge on any atom is -0.463 e. The van der Waals surface area contributed by atoms with Crippen molar-refractivity contribution in [3.8, 4) is 17.7 Å². The van der Waals surface area contributed by atoms with E-state index in [1.165, 1.54) is 36.3 Å². The molecular formula is C19H20FN5O2S. The molecular weight excluding hydrogens is 381 g/mol. The molecule has 0 saturated carbocycles. The van der Waals surface area contributed by atoms with Gasteiger partial charge in [-0.15, -0.1) is 5.92 Å². The summed E-state index contributed by atoms with van der Waals surface area (Å²) in [6, 6.07) is 0. The van der Waals surface area contributed by atoms with E-state index in [2.05, 4.69) is 32.1 Å². The van der Waals surface area contributed by atoms with E-state index in [1.54, 1.807) is 19.3 Å². The smallest absolute Gasteiger partial charge is 0.275 e. The predicted molar refractivity (Wildman–Crippen MR) is 108 cm³/mol. The first-order valence-corrected chi connectivity index (χ1v) is 9.49. The summed E-state index contributed by atoms with van der Waals surface area (Å²) < 4.78 is 19.1. The second-order valence-corrected chi connectivity index (χ2v) is 6.31. The second-order valence-electron chi connectivity index (χ2n) is 5.48. The maximum Gasteiger partial charge on any atom is 0.275 e. The second kappa shape index (κ2) is 10.9. The number of halogens is 1. The van der Waals surface area contributed by atoms with E-state index in [-0.39, 0.29) is 37.0 Å². The molecule has 0 saturated heterocycles. The number of nitrogens with two attached hydrogens (primary N) is 1. The molecule has 3 N–H and O–H groups in total. The van der Waals surface area contributed by atoms with Crippen LogP contribution in [0.4, 0.5) is 4.39 Å². The third kappa shape index (κ3) is 6.89. The molecule has 2 rings (SSSR count). The number of nitrogens with zero attached hydrogens (tertiary/aromatic N) is 3. The van der Waals surface area contributed by atoms with Crippen LogP contribution in [0, 0.1) is 11.8 Å². The van der Waals surface area contributed by atoms with Crippen molar-refractivity contribution >= 4 is 22.8 Å². The first-order chi connectivity index (χ1) is 13.5. The molecule has 0 radical (unpaired) electrons. The summed E-state index contributed by atoms with van der Waals surface area (Å²) in [5, 5.41) is 3.09. The van der Waals surface area contributed by atoms with E-state index in [1.807, 2.05) is 0 Å². The predicted octanol–water partition coefficient (Wildman–Crippen LogP) is 2.35. The zero-order chi connectivity index (χ0) is 20.4. The van der Waals surface area contributed by atoms with Gasteiger partial charge in [-0.3, -0.25) is 9.79 Å². The highest BCUT2D eigenvalue weighted by Crippen LogP contribution is 2.19. The largest absolute Gasteiger partial charge is 0.463 e. The topological polar surface area (TPSA) is 102 Å². The molecule has 9 heteroatoms. The first-order valence-electron chi connectivity index (χ1n) is 8.27. The minimum atomic E-state index is -0.475. The van der Waals surface area contributed by atoms with Crippen molar-refractivity contribution in [3.63, 3.8) is 0 Å². The van der Waals surface area contributed by atoms with Crippen molar-refractivity contribution < 1.29 is 13.9 Å². The molecule has 1 amide bonds. The lowest BCUT2D eigenvalue weighted by molar-refractivity contribution is 0.0961. The Morgan fingerprint density at radius 3 is 2.93 bits per heavy atom. The van der Waals surface area contributed by atoms with Crippen LogP contribution in [0.1, 0.15) is 23.8 Å². The van der Waals surface area contributed by atoms with Crippen LogP contribution >= 0.6 is 11.8 Å². The summed E-state index contributed by atoms with van der Waals surface area (Å²) in [5.41, 5.74) is 6.87. The van der Waals surface area contributed by atoms with Gasteiger partial charge >= 0.3 is 0 Å². The number of allylic oxidation sites excluding steroid dienone is 4. The van der Waals surface area contributed by atoms with Crippen molar-refractivity contribution in [3.05, 3.63) is 53.4 Å². The Kier molecular flexibility index (Phi) is 8.24. The zero-order valence-corrected chi connectivity index (χ0v) is 16.3. The first kappa shape index (κ1) is 21.2. The Balaban J connectivity index is 2.07. The van der Waals surface area contributed by atoms with Gasteiger partial charge in [-0.25, -0.2) is 14.4 Å². The highest BCUT2D eigenvalue weighted by atomic mass is 32.2. The van der Waals surface area contributed by atoms with E-state index in [0.29, 0.717) is 16.4 Å². The van der Waals surface area contributed by atoms with Crippen molar-refractivity contribution in [1.29, 1.82) is 0 Å². The molecule has 1 aromatic heterocycles. The van der Waals surface area contributed by atoms with Gasteiger partial charge < -0.3 is 15.8 Å². The number of aliphatic imine (C=N–C) groups is 1. The summed E-state index contributed by atoms with van der Waals surface area (Å²) in [6.07, 6.45) is 9.01. The number of carbonyl (C=O) groups excluding carboxylic acids is 1. The molecule has 0 spiro atoms. The summed E-state index contributed by atoms with van der Waals surface area (Å²) in [4.78, 5) is 24.6. The van der Waals surface area contributed by atoms with E-state index in [9.17, 15) is 9.18 Å². The fraction of sp³-hybridized carbons (Fsp3) is 0.263. The average molecular weight is 401 g/mol. The molecule has 7 nitrogen and oxygen atoms in total. The number of amidine groups is 1. The van der Waals surface area contributed by atoms with Crippen molar-refractivity contribution in [2.45, 2.75) is 13.3 Å². The Morgan fingerprint density at radius 2 is 2.25 bits per heavy atom. The van der Waals surface area contributed by atoms with Crippen LogP contribution < -0.4 is 15.8 Å². The number of nitrogens with one attached hydrogen (secondary N) is 1. The van der Waals surface area contributed by atoms with Gasteiger partial charge in [0.15, 0.2) is 11.8 Å². The third-order valence-corrected chi connectivity index (χ3v) is 3.98. The minimum absolute atomic E-state index is 0.100. The summed E-state index contributed by atoms with van der Waals surface area (Å²) in [5.74, 6) is 4.90. The van der Waals surface area contributed by atoms with Crippen molar-refractivity contribution in [2.75, 3.05) is 19.4 Å². The normalized spacial score (nSPS) is 14.0. The number of amides is 1. The standard InChI is InChI=1S/C19H20FN5O2S/c1-3-4-7-27-17-12-22-16(11-23-17)18(26)25-15-6-5-14(20)8-13(9-15)10-24-19(21)28-2/h5-6,9,11-12H,7-8,10H2,1-2H3,(H2,21,24)(H,25,26). The highest BCUT2D eigenvalue weighted by Gasteiger charge is 2.12. The Labute approximate surface area is 167 Å². The SMILES string of the molecule is CC#CCOc1cnc(C(=O)NC2=CC=C(F)CC(CN=C(N)SC)=C2)cn1. The van der Waals surface area contributed by atoms with E-state index >= 15 is 0 Å². The van der Waals surface area contributed by atoms with E-state index in [4.69, 9.17) is 10.5 Å². The molecule has 28 heavy (non-hydrogen) atoms. The number of ether oxygens (including phenoxy) is 1. The van der Waals surface area contributed by atoms with Gasteiger partial charge in [0.25, 0.3) is 5.91 Å². The Hall–Kier alpha value is -3.12. The zero-order valence-electron chi connectivity index (χ0n) is 15.5.